The highest BCUT2D eigenvalue weighted by atomic mass is 35.5. The van der Waals surface area contributed by atoms with Gasteiger partial charge in [-0.25, -0.2) is 9.18 Å². The summed E-state index contributed by atoms with van der Waals surface area (Å²) in [6, 6.07) is 8.67. The fourth-order valence-corrected chi connectivity index (χ4v) is 2.24. The van der Waals surface area contributed by atoms with Gasteiger partial charge in [0.25, 0.3) is 5.91 Å². The number of nitrogens with one attached hydrogen (secondary N) is 1. The molecule has 142 valence electrons. The first-order valence-electron chi connectivity index (χ1n) is 7.43. The Morgan fingerprint density at radius 3 is 2.48 bits per heavy atom. The van der Waals surface area contributed by atoms with Gasteiger partial charge in [0.1, 0.15) is 5.82 Å². The SMILES string of the molecule is O=C(COC(=O)/C=C/c1ccccc1F)Nc1c(Cl)cccc1C(F)(F)F. The Kier molecular flexibility index (Phi) is 6.57. The molecule has 2 rings (SSSR count). The van der Waals surface area contributed by atoms with Gasteiger partial charge in [0, 0.05) is 11.6 Å². The summed E-state index contributed by atoms with van der Waals surface area (Å²) >= 11 is 5.71. The van der Waals surface area contributed by atoms with Crippen molar-refractivity contribution >= 4 is 35.2 Å². The number of anilines is 1. The maximum Gasteiger partial charge on any atom is 0.418 e. The van der Waals surface area contributed by atoms with E-state index in [0.29, 0.717) is 0 Å². The first kappa shape index (κ1) is 20.4. The minimum absolute atomic E-state index is 0.129. The van der Waals surface area contributed by atoms with Crippen molar-refractivity contribution in [2.45, 2.75) is 6.18 Å². The lowest BCUT2D eigenvalue weighted by Crippen LogP contribution is -2.22. The first-order chi connectivity index (χ1) is 12.7. The van der Waals surface area contributed by atoms with Gasteiger partial charge in [-0.05, 0) is 24.3 Å². The van der Waals surface area contributed by atoms with Crippen LogP contribution in [0.4, 0.5) is 23.2 Å². The third kappa shape index (κ3) is 5.82. The Labute approximate surface area is 156 Å². The molecule has 0 aromatic heterocycles. The van der Waals surface area contributed by atoms with Crippen molar-refractivity contribution in [2.75, 3.05) is 11.9 Å². The highest BCUT2D eigenvalue weighted by Crippen LogP contribution is 2.38. The molecule has 0 heterocycles. The number of hydrogen-bond donors (Lipinski definition) is 1. The van der Waals surface area contributed by atoms with Crippen molar-refractivity contribution in [3.63, 3.8) is 0 Å². The lowest BCUT2D eigenvalue weighted by molar-refractivity contribution is -0.142. The van der Waals surface area contributed by atoms with Crippen molar-refractivity contribution in [1.29, 1.82) is 0 Å². The van der Waals surface area contributed by atoms with Crippen LogP contribution in [0.2, 0.25) is 5.02 Å². The molecule has 0 radical (unpaired) electrons. The summed E-state index contributed by atoms with van der Waals surface area (Å²) in [7, 11) is 0. The summed E-state index contributed by atoms with van der Waals surface area (Å²) in [5.41, 5.74) is -1.63. The molecule has 0 aliphatic rings. The van der Waals surface area contributed by atoms with Gasteiger partial charge in [-0.3, -0.25) is 4.79 Å². The number of alkyl halides is 3. The van der Waals surface area contributed by atoms with E-state index in [1.54, 1.807) is 6.07 Å². The molecule has 0 unspecified atom stereocenters. The molecular formula is C18H12ClF4NO3. The molecule has 0 saturated heterocycles. The molecule has 9 heteroatoms. The Morgan fingerprint density at radius 2 is 1.81 bits per heavy atom. The topological polar surface area (TPSA) is 55.4 Å². The molecule has 0 aliphatic carbocycles. The minimum atomic E-state index is -4.73. The lowest BCUT2D eigenvalue weighted by atomic mass is 10.1. The highest BCUT2D eigenvalue weighted by molar-refractivity contribution is 6.34. The minimum Gasteiger partial charge on any atom is -0.452 e. The Morgan fingerprint density at radius 1 is 1.11 bits per heavy atom. The van der Waals surface area contributed by atoms with Gasteiger partial charge in [0.2, 0.25) is 0 Å². The maximum atomic E-state index is 13.4. The maximum absolute atomic E-state index is 13.4. The van der Waals surface area contributed by atoms with Gasteiger partial charge < -0.3 is 10.1 Å². The van der Waals surface area contributed by atoms with E-state index in [0.717, 1.165) is 24.3 Å². The van der Waals surface area contributed by atoms with Crippen LogP contribution in [0.3, 0.4) is 0 Å². The van der Waals surface area contributed by atoms with Crippen molar-refractivity contribution in [1.82, 2.24) is 0 Å². The Hall–Kier alpha value is -2.87. The quantitative estimate of drug-likeness (QED) is 0.449. The molecule has 27 heavy (non-hydrogen) atoms. The second kappa shape index (κ2) is 8.68. The van der Waals surface area contributed by atoms with E-state index in [1.165, 1.54) is 24.3 Å². The highest BCUT2D eigenvalue weighted by Gasteiger charge is 2.34. The van der Waals surface area contributed by atoms with Crippen molar-refractivity contribution < 1.29 is 31.9 Å². The number of para-hydroxylation sites is 1. The third-order valence-electron chi connectivity index (χ3n) is 3.23. The summed E-state index contributed by atoms with van der Waals surface area (Å²) in [5, 5.41) is 1.66. The van der Waals surface area contributed by atoms with Gasteiger partial charge in [-0.1, -0.05) is 35.9 Å². The molecule has 4 nitrogen and oxygen atoms in total. The van der Waals surface area contributed by atoms with E-state index < -0.39 is 41.7 Å². The summed E-state index contributed by atoms with van der Waals surface area (Å²) < 4.78 is 56.9. The molecule has 0 bridgehead atoms. The van der Waals surface area contributed by atoms with Crippen LogP contribution < -0.4 is 5.32 Å². The molecule has 1 N–H and O–H groups in total. The zero-order valence-electron chi connectivity index (χ0n) is 13.5. The lowest BCUT2D eigenvalue weighted by Gasteiger charge is -2.15. The van der Waals surface area contributed by atoms with Gasteiger partial charge in [-0.15, -0.1) is 0 Å². The van der Waals surface area contributed by atoms with Gasteiger partial charge in [0.15, 0.2) is 6.61 Å². The largest absolute Gasteiger partial charge is 0.452 e. The van der Waals surface area contributed by atoms with Crippen LogP contribution >= 0.6 is 11.6 Å². The number of esters is 1. The average Bonchev–Trinajstić information content (AvgIpc) is 2.60. The number of halogens is 5. The standard InChI is InChI=1S/C18H12ClF4NO3/c19-13-6-3-5-12(18(21,22)23)17(13)24-15(25)10-27-16(26)9-8-11-4-1-2-7-14(11)20/h1-9H,10H2,(H,24,25)/b9-8+. The first-order valence-corrected chi connectivity index (χ1v) is 7.81. The average molecular weight is 402 g/mol. The number of rotatable bonds is 5. The van der Waals surface area contributed by atoms with Crippen molar-refractivity contribution in [3.05, 3.63) is 70.5 Å². The smallest absolute Gasteiger partial charge is 0.418 e. The van der Waals surface area contributed by atoms with Crippen LogP contribution in [0, 0.1) is 5.82 Å². The third-order valence-corrected chi connectivity index (χ3v) is 3.55. The van der Waals surface area contributed by atoms with Crippen LogP contribution in [0.15, 0.2) is 48.5 Å². The zero-order chi connectivity index (χ0) is 20.0. The normalized spacial score (nSPS) is 11.4. The summed E-state index contributed by atoms with van der Waals surface area (Å²) in [4.78, 5) is 23.3. The monoisotopic (exact) mass is 401 g/mol. The Bertz CT molecular complexity index is 881. The molecule has 0 saturated carbocycles. The predicted molar refractivity (Wildman–Crippen MR) is 91.5 cm³/mol. The fourth-order valence-electron chi connectivity index (χ4n) is 2.02. The van der Waals surface area contributed by atoms with E-state index in [2.05, 4.69) is 4.74 Å². The zero-order valence-corrected chi connectivity index (χ0v) is 14.3. The summed E-state index contributed by atoms with van der Waals surface area (Å²) in [6.07, 6.45) is -2.69. The van der Waals surface area contributed by atoms with Crippen molar-refractivity contribution in [2.24, 2.45) is 0 Å². The molecular weight excluding hydrogens is 390 g/mol. The molecule has 0 atom stereocenters. The van der Waals surface area contributed by atoms with Crippen LogP contribution in [-0.4, -0.2) is 18.5 Å². The number of amides is 1. The number of ether oxygens (including phenoxy) is 1. The number of carbonyl (C=O) groups is 2. The summed E-state index contributed by atoms with van der Waals surface area (Å²) in [6.45, 7) is -0.844. The second-order valence-electron chi connectivity index (χ2n) is 5.17. The van der Waals surface area contributed by atoms with Crippen molar-refractivity contribution in [3.8, 4) is 0 Å². The predicted octanol–water partition coefficient (Wildman–Crippen LogP) is 4.69. The molecule has 1 amide bonds. The summed E-state index contributed by atoms with van der Waals surface area (Å²) in [5.74, 6) is -2.54. The number of carbonyl (C=O) groups excluding carboxylic acids is 2. The van der Waals surface area contributed by atoms with Crippen LogP contribution in [0.5, 0.6) is 0 Å². The number of benzene rings is 2. The van der Waals surface area contributed by atoms with Crippen LogP contribution in [0.1, 0.15) is 11.1 Å². The van der Waals surface area contributed by atoms with Gasteiger partial charge in [0.05, 0.1) is 16.3 Å². The molecule has 0 fully saturated rings. The van der Waals surface area contributed by atoms with E-state index in [4.69, 9.17) is 11.6 Å². The molecule has 0 aliphatic heterocycles. The molecule has 0 spiro atoms. The van der Waals surface area contributed by atoms with Gasteiger partial charge in [-0.2, -0.15) is 13.2 Å². The second-order valence-corrected chi connectivity index (χ2v) is 5.58. The fraction of sp³-hybridized carbons (Fsp3) is 0.111. The van der Waals surface area contributed by atoms with E-state index in [1.807, 2.05) is 5.32 Å². The molecule has 2 aromatic rings. The van der Waals surface area contributed by atoms with E-state index in [-0.39, 0.29) is 10.6 Å². The van der Waals surface area contributed by atoms with Crippen LogP contribution in [0.25, 0.3) is 6.08 Å². The molecule has 2 aromatic carbocycles. The number of hydrogen-bond acceptors (Lipinski definition) is 3. The van der Waals surface area contributed by atoms with Crippen LogP contribution in [-0.2, 0) is 20.5 Å². The van der Waals surface area contributed by atoms with E-state index in [9.17, 15) is 27.2 Å². The van der Waals surface area contributed by atoms with Gasteiger partial charge >= 0.3 is 12.1 Å². The van der Waals surface area contributed by atoms with E-state index >= 15 is 0 Å². The Balaban J connectivity index is 1.97.